The number of nitrogens with one attached hydrogen (secondary N) is 1. The van der Waals surface area contributed by atoms with Gasteiger partial charge in [0.15, 0.2) is 0 Å². The molecule has 0 spiro atoms. The highest BCUT2D eigenvalue weighted by molar-refractivity contribution is 5.88. The molecule has 3 rings (SSSR count). The highest BCUT2D eigenvalue weighted by Crippen LogP contribution is 2.20. The van der Waals surface area contributed by atoms with Crippen LogP contribution in [0.25, 0.3) is 0 Å². The molecule has 0 bridgehead atoms. The Morgan fingerprint density at radius 3 is 2.39 bits per heavy atom. The Kier molecular flexibility index (Phi) is 8.69. The molecule has 0 radical (unpaired) electrons. The first-order chi connectivity index (χ1) is 15.1. The summed E-state index contributed by atoms with van der Waals surface area (Å²) in [5.41, 5.74) is 3.37. The number of hydrogen-bond acceptors (Lipinski definition) is 2. The van der Waals surface area contributed by atoms with E-state index < -0.39 is 6.04 Å². The van der Waals surface area contributed by atoms with Crippen molar-refractivity contribution < 1.29 is 9.59 Å². The number of amides is 2. The molecule has 1 fully saturated rings. The van der Waals surface area contributed by atoms with Gasteiger partial charge in [0, 0.05) is 19.0 Å². The summed E-state index contributed by atoms with van der Waals surface area (Å²) in [6, 6.07) is 18.1. The fourth-order valence-corrected chi connectivity index (χ4v) is 4.51. The average molecular weight is 421 g/mol. The molecule has 0 aromatic heterocycles. The standard InChI is InChI=1S/C27H36N2O2/c1-3-25(27(31)28-24-15-8-5-9-16-24)29(20-23-14-10-11-21(2)19-23)26(30)18-17-22-12-6-4-7-13-22/h4,6-7,10-14,19,24-25H,3,5,8-9,15-18,20H2,1-2H3,(H,28,31)/t25-/m0/s1. The van der Waals surface area contributed by atoms with Gasteiger partial charge >= 0.3 is 0 Å². The predicted molar refractivity (Wildman–Crippen MR) is 126 cm³/mol. The second-order valence-corrected chi connectivity index (χ2v) is 8.76. The van der Waals surface area contributed by atoms with Crippen LogP contribution in [0.15, 0.2) is 54.6 Å². The van der Waals surface area contributed by atoms with Crippen LogP contribution in [0.1, 0.15) is 68.6 Å². The molecule has 31 heavy (non-hydrogen) atoms. The molecule has 4 heteroatoms. The highest BCUT2D eigenvalue weighted by atomic mass is 16.2. The molecule has 1 atom stereocenters. The molecular weight excluding hydrogens is 384 g/mol. The van der Waals surface area contributed by atoms with Gasteiger partial charge in [-0.05, 0) is 43.7 Å². The van der Waals surface area contributed by atoms with Crippen molar-refractivity contribution in [1.29, 1.82) is 0 Å². The van der Waals surface area contributed by atoms with Crippen LogP contribution in [0.4, 0.5) is 0 Å². The SMILES string of the molecule is CC[C@@H](C(=O)NC1CCCCC1)N(Cc1cccc(C)c1)C(=O)CCc1ccccc1. The number of aryl methyl sites for hydroxylation is 2. The van der Waals surface area contributed by atoms with Gasteiger partial charge in [-0.3, -0.25) is 9.59 Å². The van der Waals surface area contributed by atoms with Crippen molar-refractivity contribution in [1.82, 2.24) is 10.2 Å². The summed E-state index contributed by atoms with van der Waals surface area (Å²) in [6.07, 6.45) is 7.38. The quantitative estimate of drug-likeness (QED) is 0.607. The summed E-state index contributed by atoms with van der Waals surface area (Å²) in [7, 11) is 0. The third-order valence-corrected chi connectivity index (χ3v) is 6.24. The predicted octanol–water partition coefficient (Wildman–Crippen LogP) is 5.18. The Balaban J connectivity index is 1.74. The first-order valence-electron chi connectivity index (χ1n) is 11.8. The summed E-state index contributed by atoms with van der Waals surface area (Å²) in [4.78, 5) is 28.4. The lowest BCUT2D eigenvalue weighted by molar-refractivity contribution is -0.141. The van der Waals surface area contributed by atoms with Gasteiger partial charge in [-0.25, -0.2) is 0 Å². The van der Waals surface area contributed by atoms with E-state index in [0.717, 1.165) is 29.5 Å². The zero-order chi connectivity index (χ0) is 22.1. The van der Waals surface area contributed by atoms with Gasteiger partial charge in [0.05, 0.1) is 0 Å². The van der Waals surface area contributed by atoms with Gasteiger partial charge in [-0.2, -0.15) is 0 Å². The van der Waals surface area contributed by atoms with Crippen molar-refractivity contribution in [2.24, 2.45) is 0 Å². The molecular formula is C27H36N2O2. The van der Waals surface area contributed by atoms with Crippen LogP contribution >= 0.6 is 0 Å². The second-order valence-electron chi connectivity index (χ2n) is 8.76. The van der Waals surface area contributed by atoms with E-state index >= 15 is 0 Å². The average Bonchev–Trinajstić information content (AvgIpc) is 2.79. The molecule has 1 aliphatic carbocycles. The molecule has 2 aromatic carbocycles. The molecule has 4 nitrogen and oxygen atoms in total. The van der Waals surface area contributed by atoms with Crippen molar-refractivity contribution >= 4 is 11.8 Å². The molecule has 0 aliphatic heterocycles. The monoisotopic (exact) mass is 420 g/mol. The van der Waals surface area contributed by atoms with E-state index in [1.807, 2.05) is 49.4 Å². The molecule has 166 valence electrons. The third-order valence-electron chi connectivity index (χ3n) is 6.24. The van der Waals surface area contributed by atoms with Crippen LogP contribution in [0, 0.1) is 6.92 Å². The molecule has 0 heterocycles. The molecule has 1 N–H and O–H groups in total. The van der Waals surface area contributed by atoms with Crippen molar-refractivity contribution in [3.05, 3.63) is 71.3 Å². The Bertz CT molecular complexity index is 843. The van der Waals surface area contributed by atoms with E-state index in [2.05, 4.69) is 24.4 Å². The summed E-state index contributed by atoms with van der Waals surface area (Å²) >= 11 is 0. The topological polar surface area (TPSA) is 49.4 Å². The van der Waals surface area contributed by atoms with Crippen molar-refractivity contribution in [2.75, 3.05) is 0 Å². The minimum absolute atomic E-state index is 0.00452. The maximum Gasteiger partial charge on any atom is 0.243 e. The molecule has 2 aromatic rings. The first kappa shape index (κ1) is 23.1. The van der Waals surface area contributed by atoms with Crippen molar-refractivity contribution in [3.63, 3.8) is 0 Å². The van der Waals surface area contributed by atoms with Crippen molar-refractivity contribution in [2.45, 2.75) is 83.8 Å². The first-order valence-corrected chi connectivity index (χ1v) is 11.8. The second kappa shape index (κ2) is 11.7. The smallest absolute Gasteiger partial charge is 0.243 e. The molecule has 1 saturated carbocycles. The van der Waals surface area contributed by atoms with Crippen LogP contribution in [0.2, 0.25) is 0 Å². The Morgan fingerprint density at radius 2 is 1.71 bits per heavy atom. The highest BCUT2D eigenvalue weighted by Gasteiger charge is 2.30. The van der Waals surface area contributed by atoms with Crippen LogP contribution in [0.3, 0.4) is 0 Å². The van der Waals surface area contributed by atoms with E-state index in [1.165, 1.54) is 19.3 Å². The van der Waals surface area contributed by atoms with Crippen LogP contribution in [-0.2, 0) is 22.6 Å². The Morgan fingerprint density at radius 1 is 1.00 bits per heavy atom. The Hall–Kier alpha value is -2.62. The van der Waals surface area contributed by atoms with Gasteiger partial charge < -0.3 is 10.2 Å². The lowest BCUT2D eigenvalue weighted by Gasteiger charge is -2.33. The maximum atomic E-state index is 13.3. The van der Waals surface area contributed by atoms with E-state index in [0.29, 0.717) is 25.8 Å². The maximum absolute atomic E-state index is 13.3. The molecule has 0 unspecified atom stereocenters. The fourth-order valence-electron chi connectivity index (χ4n) is 4.51. The van der Waals surface area contributed by atoms with E-state index in [1.54, 1.807) is 4.90 Å². The van der Waals surface area contributed by atoms with Gasteiger partial charge in [-0.1, -0.05) is 86.3 Å². The van der Waals surface area contributed by atoms with Crippen molar-refractivity contribution in [3.8, 4) is 0 Å². The summed E-state index contributed by atoms with van der Waals surface area (Å²) in [5, 5.41) is 3.24. The number of carbonyl (C=O) groups excluding carboxylic acids is 2. The number of hydrogen-bond donors (Lipinski definition) is 1. The molecule has 0 saturated heterocycles. The minimum Gasteiger partial charge on any atom is -0.352 e. The van der Waals surface area contributed by atoms with Gasteiger partial charge in [0.25, 0.3) is 0 Å². The minimum atomic E-state index is -0.439. The zero-order valence-electron chi connectivity index (χ0n) is 19.0. The number of nitrogens with zero attached hydrogens (tertiary/aromatic N) is 1. The zero-order valence-corrected chi connectivity index (χ0v) is 19.0. The van der Waals surface area contributed by atoms with E-state index in [9.17, 15) is 9.59 Å². The summed E-state index contributed by atoms with van der Waals surface area (Å²) in [6.45, 7) is 4.52. The number of benzene rings is 2. The number of carbonyl (C=O) groups is 2. The normalized spacial score (nSPS) is 15.3. The largest absolute Gasteiger partial charge is 0.352 e. The lowest BCUT2D eigenvalue weighted by atomic mass is 9.95. The molecule has 2 amide bonds. The summed E-state index contributed by atoms with van der Waals surface area (Å²) < 4.78 is 0. The van der Waals surface area contributed by atoms with E-state index in [4.69, 9.17) is 0 Å². The molecule has 1 aliphatic rings. The fraction of sp³-hybridized carbons (Fsp3) is 0.481. The van der Waals surface area contributed by atoms with Gasteiger partial charge in [0.2, 0.25) is 11.8 Å². The van der Waals surface area contributed by atoms with Crippen LogP contribution in [-0.4, -0.2) is 28.8 Å². The van der Waals surface area contributed by atoms with Crippen LogP contribution in [0.5, 0.6) is 0 Å². The third kappa shape index (κ3) is 6.95. The number of rotatable bonds is 9. The summed E-state index contributed by atoms with van der Waals surface area (Å²) in [5.74, 6) is 0.0334. The van der Waals surface area contributed by atoms with E-state index in [-0.39, 0.29) is 17.9 Å². The Labute approximate surface area is 187 Å². The van der Waals surface area contributed by atoms with Gasteiger partial charge in [0.1, 0.15) is 6.04 Å². The lowest BCUT2D eigenvalue weighted by Crippen LogP contribution is -2.51. The van der Waals surface area contributed by atoms with Gasteiger partial charge in [-0.15, -0.1) is 0 Å². The van der Waals surface area contributed by atoms with Crippen LogP contribution < -0.4 is 5.32 Å².